The quantitative estimate of drug-likeness (QED) is 0.166. The van der Waals surface area contributed by atoms with Gasteiger partial charge in [-0.3, -0.25) is 4.79 Å². The fourth-order valence-corrected chi connectivity index (χ4v) is 4.36. The molecular weight excluding hydrogens is 407 g/mol. The number of aromatic nitrogens is 1. The average Bonchev–Trinajstić information content (AvgIpc) is 3.18. The Kier molecular flexibility index (Phi) is 17.0. The van der Waals surface area contributed by atoms with Crippen LogP contribution in [0.5, 0.6) is 0 Å². The summed E-state index contributed by atoms with van der Waals surface area (Å²) in [6.07, 6.45) is 21.2. The van der Waals surface area contributed by atoms with Crippen LogP contribution in [0.15, 0.2) is 30.5 Å². The van der Waals surface area contributed by atoms with Crippen LogP contribution in [-0.2, 0) is 11.2 Å². The first-order valence-corrected chi connectivity index (χ1v) is 12.7. The Morgan fingerprint density at radius 3 is 1.97 bits per heavy atom. The topological polar surface area (TPSA) is 65.1 Å². The molecule has 0 fully saturated rings. The van der Waals surface area contributed by atoms with Crippen molar-refractivity contribution in [1.29, 1.82) is 0 Å². The summed E-state index contributed by atoms with van der Waals surface area (Å²) in [4.78, 5) is 14.9. The van der Waals surface area contributed by atoms with Gasteiger partial charge in [-0.05, 0) is 24.6 Å². The SMILES string of the molecule is CCCCCCCCCCCCCCCCN[C@@H](Cc1c[nH]c2ccccc12)C(=O)O.[NaH]. The Morgan fingerprint density at radius 2 is 1.41 bits per heavy atom. The molecule has 0 radical (unpaired) electrons. The van der Waals surface area contributed by atoms with E-state index >= 15 is 0 Å². The van der Waals surface area contributed by atoms with E-state index in [9.17, 15) is 9.90 Å². The first-order valence-electron chi connectivity index (χ1n) is 12.7. The molecule has 0 aliphatic carbocycles. The van der Waals surface area contributed by atoms with Gasteiger partial charge in [-0.25, -0.2) is 0 Å². The number of aliphatic carboxylic acids is 1. The molecule has 1 aromatic heterocycles. The number of rotatable bonds is 19. The van der Waals surface area contributed by atoms with E-state index in [4.69, 9.17) is 0 Å². The van der Waals surface area contributed by atoms with Crippen molar-refractivity contribution in [1.82, 2.24) is 10.3 Å². The third-order valence-corrected chi connectivity index (χ3v) is 6.32. The van der Waals surface area contributed by atoms with Gasteiger partial charge in [0.15, 0.2) is 0 Å². The first kappa shape index (κ1) is 29.2. The van der Waals surface area contributed by atoms with Crippen LogP contribution >= 0.6 is 0 Å². The summed E-state index contributed by atoms with van der Waals surface area (Å²) in [7, 11) is 0. The van der Waals surface area contributed by atoms with Crippen LogP contribution < -0.4 is 5.32 Å². The average molecular weight is 453 g/mol. The van der Waals surface area contributed by atoms with E-state index in [0.717, 1.165) is 29.4 Å². The van der Waals surface area contributed by atoms with Crippen LogP contribution in [0.3, 0.4) is 0 Å². The van der Waals surface area contributed by atoms with Crippen molar-refractivity contribution in [2.45, 2.75) is 109 Å². The van der Waals surface area contributed by atoms with E-state index < -0.39 is 12.0 Å². The summed E-state index contributed by atoms with van der Waals surface area (Å²) in [6, 6.07) is 7.54. The van der Waals surface area contributed by atoms with Crippen LogP contribution in [0.4, 0.5) is 0 Å². The van der Waals surface area contributed by atoms with E-state index in [0.29, 0.717) is 6.42 Å². The van der Waals surface area contributed by atoms with Gasteiger partial charge in [-0.2, -0.15) is 0 Å². The van der Waals surface area contributed by atoms with Crippen molar-refractivity contribution in [3.05, 3.63) is 36.0 Å². The van der Waals surface area contributed by atoms with Gasteiger partial charge in [0.05, 0.1) is 0 Å². The Balaban J connectivity index is 0.00000512. The van der Waals surface area contributed by atoms with Crippen LogP contribution in [0.25, 0.3) is 10.9 Å². The van der Waals surface area contributed by atoms with E-state index in [2.05, 4.69) is 17.2 Å². The first-order chi connectivity index (χ1) is 15.2. The molecule has 0 spiro atoms. The zero-order valence-corrected chi connectivity index (χ0v) is 19.6. The minimum atomic E-state index is -0.768. The standard InChI is InChI=1S/C27H44N2O2.Na.H/c1-2-3-4-5-6-7-8-9-10-11-12-13-14-17-20-28-26(27(30)31)21-23-22-29-25-19-16-15-18-24(23)25;;/h15-16,18-19,22,26,28-29H,2-14,17,20-21H2,1H3,(H,30,31);;/t26-;;/m0../s1. The Bertz CT molecular complexity index is 731. The zero-order valence-electron chi connectivity index (χ0n) is 19.6. The van der Waals surface area contributed by atoms with Crippen molar-refractivity contribution in [2.24, 2.45) is 0 Å². The number of H-pyrrole nitrogens is 1. The van der Waals surface area contributed by atoms with Crippen molar-refractivity contribution in [3.8, 4) is 0 Å². The van der Waals surface area contributed by atoms with Gasteiger partial charge in [0, 0.05) is 23.5 Å². The molecule has 0 aliphatic heterocycles. The predicted molar refractivity (Wildman–Crippen MR) is 139 cm³/mol. The molecule has 3 N–H and O–H groups in total. The van der Waals surface area contributed by atoms with Gasteiger partial charge in [0.2, 0.25) is 0 Å². The maximum atomic E-state index is 11.7. The number of benzene rings is 1. The summed E-state index contributed by atoms with van der Waals surface area (Å²) < 4.78 is 0. The molecule has 2 aromatic rings. The zero-order chi connectivity index (χ0) is 22.2. The van der Waals surface area contributed by atoms with Gasteiger partial charge in [0.1, 0.15) is 6.04 Å². The fraction of sp³-hybridized carbons (Fsp3) is 0.667. The van der Waals surface area contributed by atoms with Gasteiger partial charge in [0.25, 0.3) is 0 Å². The molecule has 32 heavy (non-hydrogen) atoms. The second-order valence-corrected chi connectivity index (χ2v) is 9.00. The summed E-state index contributed by atoms with van der Waals surface area (Å²) in [5.74, 6) is -0.768. The maximum absolute atomic E-state index is 11.7. The Morgan fingerprint density at radius 1 is 0.875 bits per heavy atom. The molecule has 2 rings (SSSR count). The van der Waals surface area contributed by atoms with Crippen LogP contribution in [0.2, 0.25) is 0 Å². The number of hydrogen-bond donors (Lipinski definition) is 3. The van der Waals surface area contributed by atoms with E-state index in [-0.39, 0.29) is 29.6 Å². The molecule has 0 aliphatic rings. The third-order valence-electron chi connectivity index (χ3n) is 6.32. The molecular formula is C27H45N2NaO2. The van der Waals surface area contributed by atoms with Crippen molar-refractivity contribution in [2.75, 3.05) is 6.54 Å². The third kappa shape index (κ3) is 11.9. The van der Waals surface area contributed by atoms with Crippen molar-refractivity contribution < 1.29 is 9.90 Å². The van der Waals surface area contributed by atoms with Gasteiger partial charge >= 0.3 is 35.5 Å². The minimum absolute atomic E-state index is 0. The molecule has 0 saturated carbocycles. The molecule has 5 heteroatoms. The van der Waals surface area contributed by atoms with E-state index in [1.807, 2.05) is 30.5 Å². The van der Waals surface area contributed by atoms with E-state index in [1.54, 1.807) is 0 Å². The van der Waals surface area contributed by atoms with Crippen molar-refractivity contribution in [3.63, 3.8) is 0 Å². The van der Waals surface area contributed by atoms with E-state index in [1.165, 1.54) is 83.5 Å². The Hall–Kier alpha value is -0.810. The molecule has 1 aromatic carbocycles. The number of aromatic amines is 1. The predicted octanol–water partition coefficient (Wildman–Crippen LogP) is 6.59. The van der Waals surface area contributed by atoms with Crippen molar-refractivity contribution >= 4 is 46.4 Å². The summed E-state index contributed by atoms with van der Waals surface area (Å²) in [6.45, 7) is 3.05. The molecule has 1 heterocycles. The van der Waals surface area contributed by atoms with Gasteiger partial charge in [-0.15, -0.1) is 0 Å². The molecule has 4 nitrogen and oxygen atoms in total. The number of hydrogen-bond acceptors (Lipinski definition) is 2. The summed E-state index contributed by atoms with van der Waals surface area (Å²) in [5.41, 5.74) is 2.13. The number of carboxylic acid groups (broad SMARTS) is 1. The number of carbonyl (C=O) groups is 1. The van der Waals surface area contributed by atoms with Crippen LogP contribution in [0, 0.1) is 0 Å². The second-order valence-electron chi connectivity index (χ2n) is 9.00. The van der Waals surface area contributed by atoms with Crippen LogP contribution in [0.1, 0.15) is 102 Å². The number of nitrogens with one attached hydrogen (secondary N) is 2. The number of para-hydroxylation sites is 1. The molecule has 0 unspecified atom stereocenters. The number of fused-ring (bicyclic) bond motifs is 1. The number of carboxylic acids is 1. The van der Waals surface area contributed by atoms with Crippen LogP contribution in [-0.4, -0.2) is 58.2 Å². The second kappa shape index (κ2) is 18.6. The molecule has 0 amide bonds. The molecule has 1 atom stereocenters. The molecule has 0 saturated heterocycles. The normalized spacial score (nSPS) is 12.0. The van der Waals surface area contributed by atoms with Gasteiger partial charge in [-0.1, -0.05) is 109 Å². The summed E-state index contributed by atoms with van der Waals surface area (Å²) in [5, 5.41) is 14.0. The molecule has 176 valence electrons. The Labute approximate surface area is 217 Å². The summed E-state index contributed by atoms with van der Waals surface area (Å²) >= 11 is 0. The molecule has 0 bridgehead atoms. The van der Waals surface area contributed by atoms with Gasteiger partial charge < -0.3 is 15.4 Å². The fourth-order valence-electron chi connectivity index (χ4n) is 4.36. The number of unbranched alkanes of at least 4 members (excludes halogenated alkanes) is 13. The monoisotopic (exact) mass is 452 g/mol.